The summed E-state index contributed by atoms with van der Waals surface area (Å²) in [7, 11) is -4.33. The second kappa shape index (κ2) is 35.9. The molecule has 0 aliphatic carbocycles. The lowest BCUT2D eigenvalue weighted by atomic mass is 10.0. The van der Waals surface area contributed by atoms with Crippen molar-refractivity contribution in [1.82, 2.24) is 5.32 Å². The van der Waals surface area contributed by atoms with Gasteiger partial charge in [0.1, 0.15) is 0 Å². The Kier molecular flexibility index (Phi) is 35.2. The number of hydrogen-bond donors (Lipinski definition) is 3. The quantitative estimate of drug-likeness (QED) is 0.0338. The summed E-state index contributed by atoms with van der Waals surface area (Å²) in [6, 6.07) is -1.05. The summed E-state index contributed by atoms with van der Waals surface area (Å²) in [6.07, 6.45) is 43.6. The highest BCUT2D eigenvalue weighted by Gasteiger charge is 2.24. The van der Waals surface area contributed by atoms with Crippen LogP contribution >= 0.6 is 0 Å². The average Bonchev–Trinajstić information content (AvgIpc) is 3.05. The first-order valence-electron chi connectivity index (χ1n) is 20.9. The van der Waals surface area contributed by atoms with Crippen LogP contribution in [-0.2, 0) is 14.9 Å². The van der Waals surface area contributed by atoms with Crippen molar-refractivity contribution in [3.8, 4) is 0 Å². The lowest BCUT2D eigenvalue weighted by Crippen LogP contribution is -2.46. The largest absolute Gasteiger partial charge is 0.387 e. The van der Waals surface area contributed by atoms with Crippen molar-refractivity contribution < 1.29 is 22.9 Å². The summed E-state index contributed by atoms with van der Waals surface area (Å²) >= 11 is 0. The van der Waals surface area contributed by atoms with E-state index in [4.69, 9.17) is 0 Å². The van der Waals surface area contributed by atoms with Crippen molar-refractivity contribution >= 4 is 16.0 Å². The molecular formula is C41H81NO5S. The van der Waals surface area contributed by atoms with Crippen molar-refractivity contribution in [3.05, 3.63) is 12.2 Å². The molecule has 0 saturated carbocycles. The number of aliphatic hydroxyl groups is 1. The molecule has 0 fully saturated rings. The van der Waals surface area contributed by atoms with Gasteiger partial charge in [-0.2, -0.15) is 8.42 Å². The molecule has 48 heavy (non-hydrogen) atoms. The molecule has 2 atom stereocenters. The molecule has 0 saturated heterocycles. The first kappa shape index (κ1) is 47.1. The summed E-state index contributed by atoms with van der Waals surface area (Å²) in [5, 5.41) is 13.2. The Morgan fingerprint density at radius 3 is 1.19 bits per heavy atom. The van der Waals surface area contributed by atoms with Crippen LogP contribution in [0.5, 0.6) is 0 Å². The molecular weight excluding hydrogens is 619 g/mol. The zero-order chi connectivity index (χ0) is 35.4. The molecule has 0 spiro atoms. The van der Waals surface area contributed by atoms with Gasteiger partial charge in [-0.3, -0.25) is 9.35 Å². The fourth-order valence-electron chi connectivity index (χ4n) is 6.57. The van der Waals surface area contributed by atoms with Crippen LogP contribution in [0.2, 0.25) is 0 Å². The van der Waals surface area contributed by atoms with E-state index < -0.39 is 28.0 Å². The molecule has 0 aromatic carbocycles. The first-order chi connectivity index (χ1) is 23.3. The lowest BCUT2D eigenvalue weighted by molar-refractivity contribution is -0.122. The number of unbranched alkanes of at least 4 members (excludes halogenated alkanes) is 30. The number of amides is 1. The van der Waals surface area contributed by atoms with E-state index in [1.54, 1.807) is 6.08 Å². The van der Waals surface area contributed by atoms with Crippen molar-refractivity contribution in [1.29, 1.82) is 0 Å². The molecule has 0 aliphatic heterocycles. The van der Waals surface area contributed by atoms with Gasteiger partial charge in [0.2, 0.25) is 5.91 Å². The number of aliphatic hydroxyl groups excluding tert-OH is 1. The Hall–Kier alpha value is -0.920. The number of nitrogens with one attached hydrogen (secondary N) is 1. The van der Waals surface area contributed by atoms with E-state index in [1.807, 2.05) is 6.08 Å². The Morgan fingerprint density at radius 1 is 0.542 bits per heavy atom. The maximum atomic E-state index is 12.5. The van der Waals surface area contributed by atoms with Crippen LogP contribution in [0, 0.1) is 0 Å². The number of allylic oxidation sites excluding steroid dienone is 1. The average molecular weight is 700 g/mol. The highest BCUT2D eigenvalue weighted by molar-refractivity contribution is 7.85. The smallest absolute Gasteiger partial charge is 0.267 e. The maximum Gasteiger partial charge on any atom is 0.267 e. The van der Waals surface area contributed by atoms with E-state index in [9.17, 15) is 22.9 Å². The zero-order valence-corrected chi connectivity index (χ0v) is 32.7. The Balaban J connectivity index is 3.74. The number of rotatable bonds is 38. The van der Waals surface area contributed by atoms with Crippen LogP contribution in [0.1, 0.15) is 226 Å². The van der Waals surface area contributed by atoms with Gasteiger partial charge < -0.3 is 10.4 Å². The monoisotopic (exact) mass is 700 g/mol. The van der Waals surface area contributed by atoms with E-state index in [1.165, 1.54) is 167 Å². The third-order valence-corrected chi connectivity index (χ3v) is 10.5. The highest BCUT2D eigenvalue weighted by atomic mass is 32.2. The fraction of sp³-hybridized carbons (Fsp3) is 0.927. The van der Waals surface area contributed by atoms with Crippen molar-refractivity contribution in [2.24, 2.45) is 0 Å². The van der Waals surface area contributed by atoms with Gasteiger partial charge in [0.25, 0.3) is 10.1 Å². The van der Waals surface area contributed by atoms with Gasteiger partial charge in [-0.1, -0.05) is 212 Å². The predicted octanol–water partition coefficient (Wildman–Crippen LogP) is 12.2. The second-order valence-corrected chi connectivity index (χ2v) is 16.1. The molecule has 3 N–H and O–H groups in total. The second-order valence-electron chi connectivity index (χ2n) is 14.6. The standard InChI is InChI=1S/C41H81NO5S/c1-3-5-7-9-11-13-15-16-17-18-19-20-21-22-23-24-25-26-27-29-31-33-35-37-41(44)42-39(38-48(45,46)47)40(43)36-34-32-30-28-14-12-10-8-6-4-2/h34,36,39-40,43H,3-33,35,37-38H2,1-2H3,(H,42,44)(H,45,46,47)/b36-34+. The van der Waals surface area contributed by atoms with E-state index in [2.05, 4.69) is 19.2 Å². The summed E-state index contributed by atoms with van der Waals surface area (Å²) in [6.45, 7) is 4.50. The van der Waals surface area contributed by atoms with Crippen LogP contribution in [0.15, 0.2) is 12.2 Å². The Morgan fingerprint density at radius 2 is 0.854 bits per heavy atom. The van der Waals surface area contributed by atoms with E-state index in [-0.39, 0.29) is 5.91 Å². The topological polar surface area (TPSA) is 104 Å². The molecule has 0 heterocycles. The predicted molar refractivity (Wildman–Crippen MR) is 207 cm³/mol. The lowest BCUT2D eigenvalue weighted by Gasteiger charge is -2.21. The van der Waals surface area contributed by atoms with Crippen molar-refractivity contribution in [3.63, 3.8) is 0 Å². The van der Waals surface area contributed by atoms with E-state index in [0.717, 1.165) is 38.5 Å². The summed E-state index contributed by atoms with van der Waals surface area (Å²) in [5.74, 6) is -0.968. The molecule has 0 aromatic rings. The van der Waals surface area contributed by atoms with Crippen LogP contribution < -0.4 is 5.32 Å². The van der Waals surface area contributed by atoms with Gasteiger partial charge in [-0.05, 0) is 19.3 Å². The molecule has 2 unspecified atom stereocenters. The van der Waals surface area contributed by atoms with E-state index in [0.29, 0.717) is 6.42 Å². The van der Waals surface area contributed by atoms with Crippen LogP contribution in [0.3, 0.4) is 0 Å². The van der Waals surface area contributed by atoms with Gasteiger partial charge in [-0.25, -0.2) is 0 Å². The minimum absolute atomic E-state index is 0.275. The number of carbonyl (C=O) groups excluding carboxylic acids is 1. The zero-order valence-electron chi connectivity index (χ0n) is 31.9. The van der Waals surface area contributed by atoms with Gasteiger partial charge in [-0.15, -0.1) is 0 Å². The molecule has 7 heteroatoms. The third-order valence-electron chi connectivity index (χ3n) is 9.71. The SMILES string of the molecule is CCCCCCCCCC/C=C/C(O)C(CS(=O)(=O)O)NC(=O)CCCCCCCCCCCCCCCCCCCCCCCCC. The third kappa shape index (κ3) is 36.4. The molecule has 0 rings (SSSR count). The molecule has 0 aliphatic rings. The molecule has 0 radical (unpaired) electrons. The van der Waals surface area contributed by atoms with Gasteiger partial charge in [0.05, 0.1) is 17.9 Å². The van der Waals surface area contributed by atoms with E-state index >= 15 is 0 Å². The van der Waals surface area contributed by atoms with Crippen molar-refractivity contribution in [2.75, 3.05) is 5.75 Å². The Labute approximate surface area is 299 Å². The fourth-order valence-corrected chi connectivity index (χ4v) is 7.30. The highest BCUT2D eigenvalue weighted by Crippen LogP contribution is 2.16. The Bertz CT molecular complexity index is 816. The van der Waals surface area contributed by atoms with Crippen LogP contribution in [0.25, 0.3) is 0 Å². The van der Waals surface area contributed by atoms with Crippen LogP contribution in [-0.4, -0.2) is 41.9 Å². The molecule has 6 nitrogen and oxygen atoms in total. The number of carbonyl (C=O) groups is 1. The van der Waals surface area contributed by atoms with Gasteiger partial charge in [0.15, 0.2) is 0 Å². The van der Waals surface area contributed by atoms with Gasteiger partial charge >= 0.3 is 0 Å². The number of hydrogen-bond acceptors (Lipinski definition) is 4. The molecule has 0 bridgehead atoms. The maximum absolute atomic E-state index is 12.5. The van der Waals surface area contributed by atoms with Crippen LogP contribution in [0.4, 0.5) is 0 Å². The normalized spacial score (nSPS) is 13.3. The summed E-state index contributed by atoms with van der Waals surface area (Å²) in [4.78, 5) is 12.5. The first-order valence-corrected chi connectivity index (χ1v) is 22.5. The minimum Gasteiger partial charge on any atom is -0.387 e. The molecule has 0 aromatic heterocycles. The minimum atomic E-state index is -4.33. The molecule has 286 valence electrons. The van der Waals surface area contributed by atoms with Gasteiger partial charge in [0, 0.05) is 6.42 Å². The summed E-state index contributed by atoms with van der Waals surface area (Å²) < 4.78 is 32.4. The summed E-state index contributed by atoms with van der Waals surface area (Å²) in [5.41, 5.74) is 0. The van der Waals surface area contributed by atoms with Crippen molar-refractivity contribution in [2.45, 2.75) is 238 Å². The molecule has 1 amide bonds.